The Morgan fingerprint density at radius 3 is 2.73 bits per heavy atom. The van der Waals surface area contributed by atoms with Crippen molar-refractivity contribution in [2.24, 2.45) is 5.92 Å². The first-order chi connectivity index (χ1) is 7.38. The van der Waals surface area contributed by atoms with Gasteiger partial charge in [0.2, 0.25) is 0 Å². The number of nitrogens with zero attached hydrogens (tertiary/aromatic N) is 1. The van der Waals surface area contributed by atoms with Gasteiger partial charge in [-0.25, -0.2) is 0 Å². The monoisotopic (exact) mass is 203 g/mol. The van der Waals surface area contributed by atoms with Crippen molar-refractivity contribution in [1.29, 1.82) is 0 Å². The Kier molecular flexibility index (Phi) is 3.79. The van der Waals surface area contributed by atoms with Crippen LogP contribution in [-0.4, -0.2) is 24.5 Å². The molecule has 0 saturated carbocycles. The zero-order valence-electron chi connectivity index (χ0n) is 9.49. The second-order valence-corrected chi connectivity index (χ2v) is 4.62. The van der Waals surface area contributed by atoms with E-state index in [1.165, 1.54) is 50.9 Å². The van der Waals surface area contributed by atoms with Gasteiger partial charge in [0, 0.05) is 6.54 Å². The Bertz CT molecular complexity index is 269. The SMILES string of the molecule is C=CC1=CCC(CN2CCCCC2)C=C1. The van der Waals surface area contributed by atoms with Crippen LogP contribution in [0.25, 0.3) is 0 Å². The molecule has 1 saturated heterocycles. The predicted molar refractivity (Wildman–Crippen MR) is 65.8 cm³/mol. The summed E-state index contributed by atoms with van der Waals surface area (Å²) in [6, 6.07) is 0. The van der Waals surface area contributed by atoms with Crippen LogP contribution in [0.5, 0.6) is 0 Å². The molecule has 1 fully saturated rings. The summed E-state index contributed by atoms with van der Waals surface area (Å²) in [6.07, 6.45) is 14.2. The van der Waals surface area contributed by atoms with Gasteiger partial charge in [-0.05, 0) is 43.8 Å². The molecule has 1 aliphatic heterocycles. The summed E-state index contributed by atoms with van der Waals surface area (Å²) in [4.78, 5) is 2.62. The Morgan fingerprint density at radius 2 is 2.13 bits per heavy atom. The maximum Gasteiger partial charge on any atom is 0.00474 e. The van der Waals surface area contributed by atoms with Crippen molar-refractivity contribution in [2.45, 2.75) is 25.7 Å². The summed E-state index contributed by atoms with van der Waals surface area (Å²) >= 11 is 0. The quantitative estimate of drug-likeness (QED) is 0.681. The maximum absolute atomic E-state index is 3.80. The van der Waals surface area contributed by atoms with Crippen LogP contribution in [0.1, 0.15) is 25.7 Å². The minimum atomic E-state index is 0.729. The number of likely N-dealkylation sites (tertiary alicyclic amines) is 1. The summed E-state index contributed by atoms with van der Waals surface area (Å²) in [7, 11) is 0. The molecule has 15 heavy (non-hydrogen) atoms. The first kappa shape index (κ1) is 10.7. The summed E-state index contributed by atoms with van der Waals surface area (Å²) < 4.78 is 0. The van der Waals surface area contributed by atoms with Crippen molar-refractivity contribution in [2.75, 3.05) is 19.6 Å². The molecule has 2 rings (SSSR count). The largest absolute Gasteiger partial charge is 0.303 e. The van der Waals surface area contributed by atoms with E-state index in [4.69, 9.17) is 0 Å². The highest BCUT2D eigenvalue weighted by atomic mass is 15.1. The fourth-order valence-electron chi connectivity index (χ4n) is 2.44. The first-order valence-electron chi connectivity index (χ1n) is 6.11. The molecular formula is C14H21N. The van der Waals surface area contributed by atoms with Gasteiger partial charge in [0.05, 0.1) is 0 Å². The molecule has 1 heterocycles. The molecule has 0 amide bonds. The molecule has 1 unspecified atom stereocenters. The van der Waals surface area contributed by atoms with Crippen molar-refractivity contribution in [3.63, 3.8) is 0 Å². The molecule has 0 N–H and O–H groups in total. The van der Waals surface area contributed by atoms with Gasteiger partial charge < -0.3 is 4.90 Å². The second kappa shape index (κ2) is 5.32. The summed E-state index contributed by atoms with van der Waals surface area (Å²) in [5, 5.41) is 0. The molecule has 1 nitrogen and oxygen atoms in total. The Hall–Kier alpha value is -0.820. The third-order valence-electron chi connectivity index (χ3n) is 3.39. The Balaban J connectivity index is 1.79. The van der Waals surface area contributed by atoms with Crippen LogP contribution in [0.15, 0.2) is 36.5 Å². The van der Waals surface area contributed by atoms with Crippen LogP contribution in [0.4, 0.5) is 0 Å². The Labute approximate surface area is 93.2 Å². The molecule has 1 aliphatic carbocycles. The van der Waals surface area contributed by atoms with Crippen molar-refractivity contribution in [1.82, 2.24) is 4.90 Å². The van der Waals surface area contributed by atoms with Crippen LogP contribution in [-0.2, 0) is 0 Å². The van der Waals surface area contributed by atoms with Gasteiger partial charge in [0.15, 0.2) is 0 Å². The zero-order valence-corrected chi connectivity index (χ0v) is 9.49. The van der Waals surface area contributed by atoms with E-state index < -0.39 is 0 Å². The fraction of sp³-hybridized carbons (Fsp3) is 0.571. The summed E-state index contributed by atoms with van der Waals surface area (Å²) in [6.45, 7) is 7.66. The lowest BCUT2D eigenvalue weighted by Crippen LogP contribution is -2.33. The lowest BCUT2D eigenvalue weighted by atomic mass is 9.95. The van der Waals surface area contributed by atoms with Crippen LogP contribution < -0.4 is 0 Å². The van der Waals surface area contributed by atoms with E-state index in [0.717, 1.165) is 5.92 Å². The molecule has 1 atom stereocenters. The molecule has 0 aromatic rings. The summed E-state index contributed by atoms with van der Waals surface area (Å²) in [5.41, 5.74) is 1.28. The van der Waals surface area contributed by atoms with E-state index in [0.29, 0.717) is 0 Å². The van der Waals surface area contributed by atoms with E-state index >= 15 is 0 Å². The van der Waals surface area contributed by atoms with E-state index in [-0.39, 0.29) is 0 Å². The highest BCUT2D eigenvalue weighted by molar-refractivity contribution is 5.32. The van der Waals surface area contributed by atoms with Crippen LogP contribution >= 0.6 is 0 Å². The van der Waals surface area contributed by atoms with Crippen molar-refractivity contribution in [3.8, 4) is 0 Å². The van der Waals surface area contributed by atoms with Gasteiger partial charge in [0.25, 0.3) is 0 Å². The molecule has 0 radical (unpaired) electrons. The van der Waals surface area contributed by atoms with Gasteiger partial charge >= 0.3 is 0 Å². The lowest BCUT2D eigenvalue weighted by molar-refractivity contribution is 0.208. The third kappa shape index (κ3) is 3.07. The van der Waals surface area contributed by atoms with Crippen LogP contribution in [0, 0.1) is 5.92 Å². The fourth-order valence-corrected chi connectivity index (χ4v) is 2.44. The minimum Gasteiger partial charge on any atom is -0.303 e. The molecule has 82 valence electrons. The second-order valence-electron chi connectivity index (χ2n) is 4.62. The molecular weight excluding hydrogens is 182 g/mol. The topological polar surface area (TPSA) is 3.24 Å². The predicted octanol–water partition coefficient (Wildman–Crippen LogP) is 3.16. The number of piperidine rings is 1. The number of hydrogen-bond donors (Lipinski definition) is 0. The van der Waals surface area contributed by atoms with Gasteiger partial charge in [-0.1, -0.05) is 37.3 Å². The van der Waals surface area contributed by atoms with Gasteiger partial charge in [-0.3, -0.25) is 0 Å². The normalized spacial score (nSPS) is 27.5. The minimum absolute atomic E-state index is 0.729. The first-order valence-corrected chi connectivity index (χ1v) is 6.11. The molecule has 0 spiro atoms. The van der Waals surface area contributed by atoms with Gasteiger partial charge in [-0.15, -0.1) is 0 Å². The van der Waals surface area contributed by atoms with E-state index in [1.54, 1.807) is 0 Å². The summed E-state index contributed by atoms with van der Waals surface area (Å²) in [5.74, 6) is 0.729. The number of hydrogen-bond acceptors (Lipinski definition) is 1. The molecule has 0 aromatic heterocycles. The highest BCUT2D eigenvalue weighted by Crippen LogP contribution is 2.19. The molecule has 1 heteroatoms. The molecule has 2 aliphatic rings. The van der Waals surface area contributed by atoms with Crippen LogP contribution in [0.3, 0.4) is 0 Å². The van der Waals surface area contributed by atoms with E-state index in [9.17, 15) is 0 Å². The third-order valence-corrected chi connectivity index (χ3v) is 3.39. The van der Waals surface area contributed by atoms with Gasteiger partial charge in [0.1, 0.15) is 0 Å². The van der Waals surface area contributed by atoms with E-state index in [1.807, 2.05) is 6.08 Å². The number of rotatable bonds is 3. The molecule has 0 aromatic carbocycles. The smallest absolute Gasteiger partial charge is 0.00474 e. The van der Waals surface area contributed by atoms with Crippen LogP contribution in [0.2, 0.25) is 0 Å². The average molecular weight is 203 g/mol. The van der Waals surface area contributed by atoms with Crippen molar-refractivity contribution >= 4 is 0 Å². The molecule has 0 bridgehead atoms. The number of allylic oxidation sites excluding steroid dienone is 4. The standard InChI is InChI=1S/C14H21N/c1-2-13-6-8-14(9-7-13)12-15-10-4-3-5-11-15/h2,6-8,14H,1,3-5,9-12H2. The average Bonchev–Trinajstić information content (AvgIpc) is 2.31. The Morgan fingerprint density at radius 1 is 1.33 bits per heavy atom. The van der Waals surface area contributed by atoms with Crippen molar-refractivity contribution in [3.05, 3.63) is 36.5 Å². The van der Waals surface area contributed by atoms with Gasteiger partial charge in [-0.2, -0.15) is 0 Å². The van der Waals surface area contributed by atoms with E-state index in [2.05, 4.69) is 29.7 Å². The van der Waals surface area contributed by atoms with Crippen molar-refractivity contribution < 1.29 is 0 Å². The lowest BCUT2D eigenvalue weighted by Gasteiger charge is -2.29. The maximum atomic E-state index is 3.80. The zero-order chi connectivity index (χ0) is 10.5. The highest BCUT2D eigenvalue weighted by Gasteiger charge is 2.15.